The lowest BCUT2D eigenvalue weighted by Crippen LogP contribution is -2.04. The van der Waals surface area contributed by atoms with Crippen LogP contribution in [0.5, 0.6) is 0 Å². The van der Waals surface area contributed by atoms with Gasteiger partial charge < -0.3 is 5.11 Å². The zero-order valence-electron chi connectivity index (χ0n) is 8.57. The first-order valence-corrected chi connectivity index (χ1v) is 5.02. The number of aliphatic hydroxyl groups excluding tert-OH is 1. The molecule has 0 saturated carbocycles. The number of aryl methyl sites for hydroxylation is 1. The van der Waals surface area contributed by atoms with E-state index in [0.717, 1.165) is 17.6 Å². The highest BCUT2D eigenvalue weighted by Gasteiger charge is 2.09. The van der Waals surface area contributed by atoms with Crippen molar-refractivity contribution in [1.29, 1.82) is 0 Å². The van der Waals surface area contributed by atoms with Crippen LogP contribution >= 0.6 is 0 Å². The number of rotatable bonds is 3. The Morgan fingerprint density at radius 2 is 2.27 bits per heavy atom. The van der Waals surface area contributed by atoms with Gasteiger partial charge in [0.15, 0.2) is 0 Å². The molecule has 1 N–H and O–H groups in total. The zero-order valence-corrected chi connectivity index (χ0v) is 8.57. The van der Waals surface area contributed by atoms with Gasteiger partial charge in [-0.2, -0.15) is 5.10 Å². The minimum Gasteiger partial charge on any atom is -0.396 e. The Balaban J connectivity index is 2.63. The average molecular weight is 208 g/mol. The first kappa shape index (κ1) is 10.1. The van der Waals surface area contributed by atoms with Crippen molar-refractivity contribution >= 4 is 10.9 Å². The maximum absolute atomic E-state index is 13.0. The molecule has 0 saturated heterocycles. The van der Waals surface area contributed by atoms with Crippen LogP contribution in [-0.4, -0.2) is 21.5 Å². The molecule has 0 unspecified atom stereocenters. The van der Waals surface area contributed by atoms with Crippen molar-refractivity contribution in [2.75, 3.05) is 6.61 Å². The van der Waals surface area contributed by atoms with E-state index < -0.39 is 0 Å². The Morgan fingerprint density at radius 1 is 1.47 bits per heavy atom. The van der Waals surface area contributed by atoms with Crippen molar-refractivity contribution in [3.63, 3.8) is 0 Å². The van der Waals surface area contributed by atoms with Crippen molar-refractivity contribution in [1.82, 2.24) is 9.78 Å². The predicted molar refractivity (Wildman–Crippen MR) is 56.2 cm³/mol. The van der Waals surface area contributed by atoms with E-state index in [9.17, 15) is 4.39 Å². The van der Waals surface area contributed by atoms with Gasteiger partial charge in [0.1, 0.15) is 5.82 Å². The number of nitrogens with zero attached hydrogens (tertiary/aromatic N) is 2. The number of benzene rings is 1. The fraction of sp³-hybridized carbons (Fsp3) is 0.364. The van der Waals surface area contributed by atoms with Crippen LogP contribution in [0.2, 0.25) is 0 Å². The maximum Gasteiger partial charge on any atom is 0.125 e. The van der Waals surface area contributed by atoms with Gasteiger partial charge in [0.05, 0.1) is 5.52 Å². The number of aromatic nitrogens is 2. The second kappa shape index (κ2) is 3.98. The van der Waals surface area contributed by atoms with E-state index in [-0.39, 0.29) is 12.4 Å². The summed E-state index contributed by atoms with van der Waals surface area (Å²) < 4.78 is 14.8. The number of fused-ring (bicyclic) bond motifs is 1. The zero-order chi connectivity index (χ0) is 10.8. The smallest absolute Gasteiger partial charge is 0.125 e. The highest BCUT2D eigenvalue weighted by Crippen LogP contribution is 2.19. The normalized spacial score (nSPS) is 11.1. The Hall–Kier alpha value is -1.42. The fourth-order valence-electron chi connectivity index (χ4n) is 1.79. The molecular weight excluding hydrogens is 195 g/mol. The third kappa shape index (κ3) is 1.72. The third-order valence-corrected chi connectivity index (χ3v) is 2.46. The van der Waals surface area contributed by atoms with Crippen molar-refractivity contribution in [3.05, 3.63) is 29.7 Å². The van der Waals surface area contributed by atoms with Crippen LogP contribution in [0.15, 0.2) is 18.2 Å². The molecule has 0 aliphatic heterocycles. The summed E-state index contributed by atoms with van der Waals surface area (Å²) in [5.74, 6) is -0.279. The van der Waals surface area contributed by atoms with Gasteiger partial charge in [-0.3, -0.25) is 4.68 Å². The molecule has 2 aromatic rings. The topological polar surface area (TPSA) is 38.0 Å². The second-order valence-electron chi connectivity index (χ2n) is 3.40. The van der Waals surface area contributed by atoms with E-state index in [0.29, 0.717) is 11.9 Å². The van der Waals surface area contributed by atoms with E-state index in [1.54, 1.807) is 10.7 Å². The van der Waals surface area contributed by atoms with Crippen LogP contribution in [0.3, 0.4) is 0 Å². The predicted octanol–water partition coefficient (Wildman–Crippen LogP) is 1.73. The Morgan fingerprint density at radius 3 is 2.93 bits per heavy atom. The Labute approximate surface area is 87.1 Å². The lowest BCUT2D eigenvalue weighted by Gasteiger charge is -2.02. The van der Waals surface area contributed by atoms with Crippen LogP contribution in [0, 0.1) is 5.82 Å². The molecule has 1 aromatic carbocycles. The molecule has 0 amide bonds. The standard InChI is InChI=1S/C11H13FN2O/c1-2-14-11(5-6-15)9-4-3-8(12)7-10(9)13-14/h3-4,7,15H,2,5-6H2,1H3. The number of aliphatic hydroxyl groups is 1. The van der Waals surface area contributed by atoms with Crippen molar-refractivity contribution < 1.29 is 9.50 Å². The average Bonchev–Trinajstić information content (AvgIpc) is 2.56. The molecule has 0 radical (unpaired) electrons. The third-order valence-electron chi connectivity index (χ3n) is 2.46. The molecule has 0 spiro atoms. The molecule has 3 nitrogen and oxygen atoms in total. The van der Waals surface area contributed by atoms with Gasteiger partial charge in [-0.25, -0.2) is 4.39 Å². The SMILES string of the molecule is CCn1nc2cc(F)ccc2c1CCO. The van der Waals surface area contributed by atoms with Crippen molar-refractivity contribution in [2.24, 2.45) is 0 Å². The molecule has 1 heterocycles. The van der Waals surface area contributed by atoms with E-state index in [4.69, 9.17) is 5.11 Å². The second-order valence-corrected chi connectivity index (χ2v) is 3.40. The van der Waals surface area contributed by atoms with Crippen molar-refractivity contribution in [3.8, 4) is 0 Å². The summed E-state index contributed by atoms with van der Waals surface area (Å²) in [6.07, 6.45) is 0.552. The first-order chi connectivity index (χ1) is 7.26. The minimum absolute atomic E-state index is 0.0815. The molecule has 0 fully saturated rings. The summed E-state index contributed by atoms with van der Waals surface area (Å²) in [5, 5.41) is 14.2. The van der Waals surface area contributed by atoms with Gasteiger partial charge in [0, 0.05) is 36.7 Å². The molecule has 80 valence electrons. The highest BCUT2D eigenvalue weighted by molar-refractivity contribution is 5.81. The summed E-state index contributed by atoms with van der Waals surface area (Å²) in [7, 11) is 0. The van der Waals surface area contributed by atoms with E-state index in [1.807, 2.05) is 6.92 Å². The summed E-state index contributed by atoms with van der Waals surface area (Å²) in [6, 6.07) is 4.56. The van der Waals surface area contributed by atoms with Gasteiger partial charge in [-0.05, 0) is 19.1 Å². The van der Waals surface area contributed by atoms with Crippen LogP contribution in [0.25, 0.3) is 10.9 Å². The summed E-state index contributed by atoms with van der Waals surface area (Å²) in [4.78, 5) is 0. The largest absolute Gasteiger partial charge is 0.396 e. The van der Waals surface area contributed by atoms with Crippen LogP contribution in [0.4, 0.5) is 4.39 Å². The maximum atomic E-state index is 13.0. The van der Waals surface area contributed by atoms with Gasteiger partial charge in [-0.15, -0.1) is 0 Å². The molecule has 0 aliphatic carbocycles. The molecule has 1 aromatic heterocycles. The lowest BCUT2D eigenvalue weighted by molar-refractivity contribution is 0.296. The van der Waals surface area contributed by atoms with Gasteiger partial charge in [0.25, 0.3) is 0 Å². The molecule has 15 heavy (non-hydrogen) atoms. The van der Waals surface area contributed by atoms with E-state index in [2.05, 4.69) is 5.10 Å². The molecule has 4 heteroatoms. The minimum atomic E-state index is -0.279. The highest BCUT2D eigenvalue weighted by atomic mass is 19.1. The lowest BCUT2D eigenvalue weighted by atomic mass is 10.1. The molecule has 0 bridgehead atoms. The van der Waals surface area contributed by atoms with Crippen LogP contribution in [0.1, 0.15) is 12.6 Å². The molecular formula is C11H13FN2O. The van der Waals surface area contributed by atoms with Crippen LogP contribution in [-0.2, 0) is 13.0 Å². The first-order valence-electron chi connectivity index (χ1n) is 5.02. The molecule has 0 atom stereocenters. The quantitative estimate of drug-likeness (QED) is 0.834. The number of hydrogen-bond acceptors (Lipinski definition) is 2. The number of hydrogen-bond donors (Lipinski definition) is 1. The van der Waals surface area contributed by atoms with Gasteiger partial charge >= 0.3 is 0 Å². The van der Waals surface area contributed by atoms with E-state index >= 15 is 0 Å². The monoisotopic (exact) mass is 208 g/mol. The summed E-state index contributed by atoms with van der Waals surface area (Å²) in [5.41, 5.74) is 1.62. The Kier molecular flexibility index (Phi) is 2.68. The summed E-state index contributed by atoms with van der Waals surface area (Å²) >= 11 is 0. The van der Waals surface area contributed by atoms with Crippen molar-refractivity contribution in [2.45, 2.75) is 19.9 Å². The Bertz CT molecular complexity index is 479. The summed E-state index contributed by atoms with van der Waals surface area (Å²) in [6.45, 7) is 2.78. The van der Waals surface area contributed by atoms with Gasteiger partial charge in [0.2, 0.25) is 0 Å². The molecule has 0 aliphatic rings. The van der Waals surface area contributed by atoms with Gasteiger partial charge in [-0.1, -0.05) is 0 Å². The van der Waals surface area contributed by atoms with E-state index in [1.165, 1.54) is 12.1 Å². The van der Waals surface area contributed by atoms with Crippen LogP contribution < -0.4 is 0 Å². The molecule has 2 rings (SSSR count). The number of halogens is 1. The fourth-order valence-corrected chi connectivity index (χ4v) is 1.79.